The second-order valence-corrected chi connectivity index (χ2v) is 10.1. The molecule has 38 heavy (non-hydrogen) atoms. The number of likely N-dealkylation sites (N-methyl/N-ethyl adjacent to an activating group) is 1. The normalized spacial score (nSPS) is 20.1. The Morgan fingerprint density at radius 3 is 2.61 bits per heavy atom. The smallest absolute Gasteiger partial charge is 0.295 e. The summed E-state index contributed by atoms with van der Waals surface area (Å²) in [7, 11) is 3.83. The van der Waals surface area contributed by atoms with Crippen molar-refractivity contribution in [3.63, 3.8) is 0 Å². The average Bonchev–Trinajstić information content (AvgIpc) is 3.41. The van der Waals surface area contributed by atoms with Crippen LogP contribution in [0, 0.1) is 0 Å². The zero-order chi connectivity index (χ0) is 26.8. The van der Waals surface area contributed by atoms with Crippen molar-refractivity contribution in [1.29, 1.82) is 0 Å². The van der Waals surface area contributed by atoms with Gasteiger partial charge in [0.15, 0.2) is 0 Å². The van der Waals surface area contributed by atoms with Crippen LogP contribution in [0.5, 0.6) is 11.5 Å². The first-order chi connectivity index (χ1) is 18.3. The van der Waals surface area contributed by atoms with Gasteiger partial charge in [0.1, 0.15) is 30.0 Å². The molecule has 0 radical (unpaired) electrons. The minimum absolute atomic E-state index is 0.0534. The lowest BCUT2D eigenvalue weighted by Crippen LogP contribution is -2.35. The third-order valence-electron chi connectivity index (χ3n) is 6.92. The number of aliphatic hydroxyl groups excluding tert-OH is 1. The molecule has 2 aliphatic heterocycles. The van der Waals surface area contributed by atoms with Crippen LogP contribution in [0.3, 0.4) is 0 Å². The van der Waals surface area contributed by atoms with Crippen molar-refractivity contribution in [2.24, 2.45) is 0 Å². The summed E-state index contributed by atoms with van der Waals surface area (Å²) >= 11 is 0. The maximum absolute atomic E-state index is 13.4. The van der Waals surface area contributed by atoms with Gasteiger partial charge >= 0.3 is 0 Å². The quantitative estimate of drug-likeness (QED) is 0.271. The van der Waals surface area contributed by atoms with Gasteiger partial charge < -0.3 is 24.4 Å². The molecular formula is C31H32N2O5. The van der Waals surface area contributed by atoms with E-state index in [1.165, 1.54) is 0 Å². The van der Waals surface area contributed by atoms with Gasteiger partial charge in [-0.1, -0.05) is 42.5 Å². The number of hydrogen-bond acceptors (Lipinski definition) is 6. The van der Waals surface area contributed by atoms with Gasteiger partial charge in [-0.25, -0.2) is 0 Å². The minimum atomic E-state index is -0.737. The summed E-state index contributed by atoms with van der Waals surface area (Å²) in [5, 5.41) is 11.5. The number of aliphatic hydroxyl groups is 1. The number of fused-ring (bicyclic) bond motifs is 1. The Bertz CT molecular complexity index is 1380. The zero-order valence-corrected chi connectivity index (χ0v) is 21.9. The standard InChI is InChI=1S/C31H32N2O5/c1-20-16-24-17-23(12-13-26(24)38-20)29(34)27-28(33(15-14-32(2)3)31(36)30(27)35)22-10-7-11-25(18-22)37-19-21-8-5-4-6-9-21/h4-13,17-18,20,28,34H,14-16,19H2,1-3H3/t20-,28-/m1/s1. The molecule has 7 nitrogen and oxygen atoms in total. The summed E-state index contributed by atoms with van der Waals surface area (Å²) < 4.78 is 11.8. The summed E-state index contributed by atoms with van der Waals surface area (Å²) in [5.41, 5.74) is 3.28. The summed E-state index contributed by atoms with van der Waals surface area (Å²) in [4.78, 5) is 30.1. The van der Waals surface area contributed by atoms with Crippen LogP contribution < -0.4 is 9.47 Å². The van der Waals surface area contributed by atoms with E-state index >= 15 is 0 Å². The SMILES string of the molecule is C[C@@H]1Cc2cc(C(O)=C3C(=O)C(=O)N(CCN(C)C)[C@@H]3c3cccc(OCc4ccccc4)c3)ccc2O1. The number of benzene rings is 3. The van der Waals surface area contributed by atoms with E-state index in [4.69, 9.17) is 9.47 Å². The number of carbonyl (C=O) groups excluding carboxylic acids is 2. The number of ether oxygens (including phenoxy) is 2. The van der Waals surface area contributed by atoms with Gasteiger partial charge in [0, 0.05) is 25.1 Å². The number of carbonyl (C=O) groups is 2. The van der Waals surface area contributed by atoms with E-state index in [2.05, 4.69) is 0 Å². The van der Waals surface area contributed by atoms with E-state index in [1.807, 2.05) is 92.6 Å². The molecule has 1 N–H and O–H groups in total. The summed E-state index contributed by atoms with van der Waals surface area (Å²) in [6, 6.07) is 21.9. The molecule has 0 saturated carbocycles. The first kappa shape index (κ1) is 25.5. The number of likely N-dealkylation sites (tertiary alicyclic amines) is 1. The predicted octanol–water partition coefficient (Wildman–Crippen LogP) is 4.57. The Morgan fingerprint density at radius 1 is 1.05 bits per heavy atom. The molecular weight excluding hydrogens is 480 g/mol. The lowest BCUT2D eigenvalue weighted by Gasteiger charge is -2.27. The molecule has 3 aromatic rings. The van der Waals surface area contributed by atoms with E-state index in [1.54, 1.807) is 11.0 Å². The average molecular weight is 513 g/mol. The van der Waals surface area contributed by atoms with Crippen LogP contribution in [-0.4, -0.2) is 59.9 Å². The lowest BCUT2D eigenvalue weighted by molar-refractivity contribution is -0.140. The highest BCUT2D eigenvalue weighted by Crippen LogP contribution is 2.41. The van der Waals surface area contributed by atoms with Crippen molar-refractivity contribution < 1.29 is 24.2 Å². The molecule has 2 heterocycles. The van der Waals surface area contributed by atoms with E-state index in [-0.39, 0.29) is 17.4 Å². The van der Waals surface area contributed by atoms with E-state index in [9.17, 15) is 14.7 Å². The predicted molar refractivity (Wildman–Crippen MR) is 145 cm³/mol. The molecule has 0 aromatic heterocycles. The summed E-state index contributed by atoms with van der Waals surface area (Å²) in [6.07, 6.45) is 0.773. The molecule has 0 unspecified atom stereocenters. The fourth-order valence-corrected chi connectivity index (χ4v) is 5.01. The molecule has 7 heteroatoms. The highest BCUT2D eigenvalue weighted by atomic mass is 16.5. The number of amides is 1. The molecule has 1 saturated heterocycles. The summed E-state index contributed by atoms with van der Waals surface area (Å²) in [5.74, 6) is -0.0914. The third kappa shape index (κ3) is 5.15. The third-order valence-corrected chi connectivity index (χ3v) is 6.92. The van der Waals surface area contributed by atoms with E-state index < -0.39 is 17.7 Å². The second kappa shape index (κ2) is 10.7. The van der Waals surface area contributed by atoms with Crippen molar-refractivity contribution in [3.8, 4) is 11.5 Å². The molecule has 2 aliphatic rings. The Hall–Kier alpha value is -4.10. The molecule has 5 rings (SSSR count). The number of ketones is 1. The first-order valence-corrected chi connectivity index (χ1v) is 12.8. The second-order valence-electron chi connectivity index (χ2n) is 10.1. The van der Waals surface area contributed by atoms with Crippen LogP contribution in [0.4, 0.5) is 0 Å². The Kier molecular flexibility index (Phi) is 7.20. The number of rotatable bonds is 8. The van der Waals surface area contributed by atoms with E-state index in [0.717, 1.165) is 23.3 Å². The Morgan fingerprint density at radius 2 is 1.84 bits per heavy atom. The highest BCUT2D eigenvalue weighted by Gasteiger charge is 2.46. The van der Waals surface area contributed by atoms with Gasteiger partial charge in [-0.3, -0.25) is 9.59 Å². The first-order valence-electron chi connectivity index (χ1n) is 12.8. The van der Waals surface area contributed by atoms with Gasteiger partial charge in [0.25, 0.3) is 11.7 Å². The van der Waals surface area contributed by atoms with Crippen LogP contribution in [0.1, 0.15) is 35.2 Å². The molecule has 1 amide bonds. The van der Waals surface area contributed by atoms with Crippen LogP contribution in [0.15, 0.2) is 78.4 Å². The van der Waals surface area contributed by atoms with Crippen molar-refractivity contribution in [2.45, 2.75) is 32.1 Å². The maximum atomic E-state index is 13.4. The lowest BCUT2D eigenvalue weighted by atomic mass is 9.94. The Balaban J connectivity index is 1.53. The van der Waals surface area contributed by atoms with E-state index in [0.29, 0.717) is 36.6 Å². The van der Waals surface area contributed by atoms with Crippen molar-refractivity contribution in [1.82, 2.24) is 9.80 Å². The van der Waals surface area contributed by atoms with Crippen molar-refractivity contribution >= 4 is 17.4 Å². The van der Waals surface area contributed by atoms with Crippen LogP contribution in [0.25, 0.3) is 5.76 Å². The topological polar surface area (TPSA) is 79.3 Å². The molecule has 1 fully saturated rings. The largest absolute Gasteiger partial charge is 0.507 e. The molecule has 196 valence electrons. The number of hydrogen-bond donors (Lipinski definition) is 1. The van der Waals surface area contributed by atoms with Gasteiger partial charge in [0.2, 0.25) is 0 Å². The van der Waals surface area contributed by atoms with Crippen LogP contribution in [-0.2, 0) is 22.6 Å². The van der Waals surface area contributed by atoms with Gasteiger partial charge in [-0.2, -0.15) is 0 Å². The highest BCUT2D eigenvalue weighted by molar-refractivity contribution is 6.46. The Labute approximate surface area is 222 Å². The number of Topliss-reactive ketones (excluding diaryl/α,β-unsaturated/α-hetero) is 1. The summed E-state index contributed by atoms with van der Waals surface area (Å²) in [6.45, 7) is 3.29. The molecule has 2 atom stereocenters. The van der Waals surface area contributed by atoms with Gasteiger partial charge in [-0.15, -0.1) is 0 Å². The number of nitrogens with zero attached hydrogens (tertiary/aromatic N) is 2. The zero-order valence-electron chi connectivity index (χ0n) is 21.9. The van der Waals surface area contributed by atoms with Crippen LogP contribution in [0.2, 0.25) is 0 Å². The minimum Gasteiger partial charge on any atom is -0.507 e. The van der Waals surface area contributed by atoms with Crippen molar-refractivity contribution in [2.75, 3.05) is 27.2 Å². The van der Waals surface area contributed by atoms with Crippen LogP contribution >= 0.6 is 0 Å². The fourth-order valence-electron chi connectivity index (χ4n) is 5.01. The van der Waals surface area contributed by atoms with Gasteiger partial charge in [-0.05, 0) is 68.0 Å². The molecule has 0 bridgehead atoms. The fraction of sp³-hybridized carbons (Fsp3) is 0.290. The maximum Gasteiger partial charge on any atom is 0.295 e. The van der Waals surface area contributed by atoms with Gasteiger partial charge in [0.05, 0.1) is 11.6 Å². The van der Waals surface area contributed by atoms with Crippen molar-refractivity contribution in [3.05, 3.63) is 101 Å². The molecule has 0 spiro atoms. The molecule has 3 aromatic carbocycles. The molecule has 0 aliphatic carbocycles. The monoisotopic (exact) mass is 512 g/mol.